The Balaban J connectivity index is 2.16. The number of carbonyl (C=O) groups excluding carboxylic acids is 12. The lowest BCUT2D eigenvalue weighted by atomic mass is 9.85. The number of nitrogens with zero attached hydrogens (tertiary/aromatic N) is 2. The molecular weight excluding hydrogens is 1260 g/mol. The summed E-state index contributed by atoms with van der Waals surface area (Å²) in [4.78, 5) is 169. The summed E-state index contributed by atoms with van der Waals surface area (Å²) >= 11 is 0. The van der Waals surface area contributed by atoms with Crippen LogP contribution in [0.15, 0.2) is 40.3 Å². The monoisotopic (exact) mass is 1370 g/mol. The van der Waals surface area contributed by atoms with Crippen LogP contribution in [0.2, 0.25) is 0 Å². The van der Waals surface area contributed by atoms with Crippen molar-refractivity contribution >= 4 is 82.8 Å². The largest absolute Gasteiger partial charge is 0.394 e. The smallest absolute Gasteiger partial charge is 0.245 e. The van der Waals surface area contributed by atoms with E-state index in [0.29, 0.717) is 43.8 Å². The number of hydrogen-bond acceptors (Lipinski definition) is 20. The summed E-state index contributed by atoms with van der Waals surface area (Å²) in [5, 5.41) is 51.1. The van der Waals surface area contributed by atoms with Gasteiger partial charge in [0.2, 0.25) is 70.9 Å². The molecule has 1 aliphatic rings. The van der Waals surface area contributed by atoms with Crippen molar-refractivity contribution in [2.45, 2.75) is 196 Å². The second kappa shape index (κ2) is 47.1. The number of hydrogen-bond donors (Lipinski definition) is 22. The number of carbonyl (C=O) groups is 12. The molecule has 0 radical (unpaired) electrons. The molecule has 11 atom stereocenters. The van der Waals surface area contributed by atoms with Crippen LogP contribution in [0.5, 0.6) is 0 Å². The van der Waals surface area contributed by atoms with Gasteiger partial charge in [0.25, 0.3) is 0 Å². The van der Waals surface area contributed by atoms with Gasteiger partial charge in [-0.05, 0) is 116 Å². The Morgan fingerprint density at radius 3 is 1.45 bits per heavy atom. The van der Waals surface area contributed by atoms with Crippen LogP contribution in [0.25, 0.3) is 0 Å². The molecule has 1 aromatic rings. The fraction of sp³-hybridized carbons (Fsp3) is 0.672. The van der Waals surface area contributed by atoms with E-state index in [4.69, 9.17) is 45.9 Å². The number of rotatable bonds is 48. The highest BCUT2D eigenvalue weighted by atomic mass is 16.3. The molecule has 2 rings (SSSR count). The van der Waals surface area contributed by atoms with Crippen LogP contribution in [0.3, 0.4) is 0 Å². The van der Waals surface area contributed by atoms with E-state index in [1.807, 2.05) is 0 Å². The van der Waals surface area contributed by atoms with Gasteiger partial charge in [0, 0.05) is 32.1 Å². The van der Waals surface area contributed by atoms with E-state index in [9.17, 15) is 67.7 Å². The molecule has 36 nitrogen and oxygen atoms in total. The zero-order valence-electron chi connectivity index (χ0n) is 56.0. The molecule has 0 unspecified atom stereocenters. The molecule has 0 saturated heterocycles. The lowest BCUT2D eigenvalue weighted by Crippen LogP contribution is -2.60. The van der Waals surface area contributed by atoms with E-state index in [-0.39, 0.29) is 95.5 Å². The summed E-state index contributed by atoms with van der Waals surface area (Å²) in [5.74, 6) is -10.4. The summed E-state index contributed by atoms with van der Waals surface area (Å²) < 4.78 is 0. The molecule has 0 heterocycles. The molecule has 12 amide bonds. The molecule has 0 spiro atoms. The SMILES string of the molecule is C[C@H](NC(=O)CNC(=O)[C@@H](NC(=O)[C@H](Cc1ccccc1)NC(=O)CNC(=O)CNC[C@@H](N)CC1CCCCC1)[C@@H](C)O)C(=O)N[C@@H](CCCN=C(N)N)C(=O)N[C@@H](CCCCN)C(=O)N[C@@H](CO)C(=O)N[C@@H](C)C(=O)N[C@@H](CCCN=C(N)N)C(=O)N[C@@H](CCCCN)C(N)=O. The van der Waals surface area contributed by atoms with Gasteiger partial charge in [-0.3, -0.25) is 67.5 Å². The maximum Gasteiger partial charge on any atom is 0.245 e. The van der Waals surface area contributed by atoms with Gasteiger partial charge in [0.05, 0.1) is 32.3 Å². The Morgan fingerprint density at radius 2 is 0.948 bits per heavy atom. The maximum absolute atomic E-state index is 14.1. The number of aliphatic hydroxyl groups is 2. The summed E-state index contributed by atoms with van der Waals surface area (Å²) in [6.07, 6.45) is 6.95. The zero-order valence-corrected chi connectivity index (χ0v) is 56.0. The van der Waals surface area contributed by atoms with Crippen LogP contribution < -0.4 is 110 Å². The molecule has 1 saturated carbocycles. The van der Waals surface area contributed by atoms with E-state index in [0.717, 1.165) is 19.3 Å². The van der Waals surface area contributed by atoms with Crippen LogP contribution in [0.1, 0.15) is 129 Å². The zero-order chi connectivity index (χ0) is 72.4. The molecule has 1 aromatic carbocycles. The molecule has 30 N–H and O–H groups in total. The van der Waals surface area contributed by atoms with Gasteiger partial charge in [-0.1, -0.05) is 62.4 Å². The number of benzene rings is 1. The molecule has 0 bridgehead atoms. The second-order valence-corrected chi connectivity index (χ2v) is 24.0. The predicted octanol–water partition coefficient (Wildman–Crippen LogP) is -8.02. The minimum atomic E-state index is -1.72. The summed E-state index contributed by atoms with van der Waals surface area (Å²) in [7, 11) is 0. The number of aliphatic hydroxyl groups excluding tert-OH is 2. The summed E-state index contributed by atoms with van der Waals surface area (Å²) in [5.41, 5.74) is 45.6. The first kappa shape index (κ1) is 84.2. The summed E-state index contributed by atoms with van der Waals surface area (Å²) in [6.45, 7) is 2.32. The Hall–Kier alpha value is -8.84. The van der Waals surface area contributed by atoms with Gasteiger partial charge in [-0.2, -0.15) is 0 Å². The highest BCUT2D eigenvalue weighted by molar-refractivity contribution is 5.98. The van der Waals surface area contributed by atoms with Crippen LogP contribution in [-0.4, -0.2) is 219 Å². The highest BCUT2D eigenvalue weighted by Crippen LogP contribution is 2.27. The van der Waals surface area contributed by atoms with Crippen molar-refractivity contribution in [3.8, 4) is 0 Å². The number of amides is 12. The number of guanidine groups is 2. The van der Waals surface area contributed by atoms with Crippen LogP contribution in [-0.2, 0) is 64.0 Å². The molecule has 546 valence electrons. The Kier molecular flexibility index (Phi) is 40.9. The average molecular weight is 1370 g/mol. The fourth-order valence-corrected chi connectivity index (χ4v) is 10.2. The molecule has 1 aliphatic carbocycles. The summed E-state index contributed by atoms with van der Waals surface area (Å²) in [6, 6.07) is -4.32. The third-order valence-electron chi connectivity index (χ3n) is 15.6. The van der Waals surface area contributed by atoms with Crippen LogP contribution in [0, 0.1) is 5.92 Å². The standard InChI is InChI=1S/C61H108N22O14/c1-35(75-48(87)33-74-59(97)50(37(3)85)83-57(95)45(29-39-18-8-5-9-19-39)77-49(88)32-73-47(86)31-70-30-40(64)28-38-16-6-4-7-17-38)52(90)79-44(23-15-27-72-61(68)69)55(93)81-42(21-11-13-25-63)56(94)82-46(34-84)58(96)76-36(2)53(91)80-43(22-14-26-71-60(66)67)54(92)78-41(51(65)89)20-10-12-24-62/h5,8-9,18-19,35-38,40-46,50,70,84-85H,4,6-7,10-17,20-34,62-64H2,1-3H3,(H2,65,89)(H,73,86)(H,74,97)(H,75,87)(H,76,96)(H,77,88)(H,78,92)(H,79,90)(H,80,91)(H,81,93)(H,82,94)(H,83,95)(H4,66,67,71)(H4,68,69,72)/t35-,36-,37+,40-,41-,42-,43-,44-,45-,46-,50-/m0/s1. The topological polar surface area (TPSA) is 623 Å². The maximum atomic E-state index is 14.1. The number of primary amides is 1. The van der Waals surface area contributed by atoms with Gasteiger partial charge in [0.15, 0.2) is 11.9 Å². The van der Waals surface area contributed by atoms with E-state index < -0.39 is 151 Å². The van der Waals surface area contributed by atoms with Crippen molar-refractivity contribution in [2.24, 2.45) is 61.8 Å². The first-order chi connectivity index (χ1) is 46.1. The minimum Gasteiger partial charge on any atom is -0.394 e. The number of nitrogens with two attached hydrogens (primary N) is 8. The van der Waals surface area contributed by atoms with Crippen molar-refractivity contribution in [1.29, 1.82) is 0 Å². The lowest BCUT2D eigenvalue weighted by molar-refractivity contribution is -0.136. The third kappa shape index (κ3) is 35.6. The Bertz CT molecular complexity index is 2730. The van der Waals surface area contributed by atoms with Crippen molar-refractivity contribution < 1.29 is 67.7 Å². The van der Waals surface area contributed by atoms with Gasteiger partial charge in [-0.15, -0.1) is 0 Å². The third-order valence-corrected chi connectivity index (χ3v) is 15.6. The number of aliphatic imine (C=N–C) groups is 2. The molecule has 0 aromatic heterocycles. The molecule has 36 heteroatoms. The lowest BCUT2D eigenvalue weighted by Gasteiger charge is -2.26. The molecule has 97 heavy (non-hydrogen) atoms. The van der Waals surface area contributed by atoms with E-state index in [1.165, 1.54) is 40.0 Å². The van der Waals surface area contributed by atoms with Crippen molar-refractivity contribution in [2.75, 3.05) is 59.0 Å². The van der Waals surface area contributed by atoms with E-state index in [2.05, 4.69) is 73.8 Å². The predicted molar refractivity (Wildman–Crippen MR) is 361 cm³/mol. The normalized spacial score (nSPS) is 15.5. The highest BCUT2D eigenvalue weighted by Gasteiger charge is 2.34. The van der Waals surface area contributed by atoms with Crippen LogP contribution >= 0.6 is 0 Å². The van der Waals surface area contributed by atoms with Crippen LogP contribution in [0.4, 0.5) is 0 Å². The average Bonchev–Trinajstić information content (AvgIpc) is 1.06. The quantitative estimate of drug-likeness (QED) is 0.0164. The fourth-order valence-electron chi connectivity index (χ4n) is 10.2. The Morgan fingerprint density at radius 1 is 0.495 bits per heavy atom. The van der Waals surface area contributed by atoms with Crippen molar-refractivity contribution in [1.82, 2.24) is 63.8 Å². The van der Waals surface area contributed by atoms with Gasteiger partial charge < -0.3 is 120 Å². The molecule has 1 fully saturated rings. The van der Waals surface area contributed by atoms with Gasteiger partial charge in [-0.25, -0.2) is 0 Å². The Labute approximate surface area is 565 Å². The van der Waals surface area contributed by atoms with Gasteiger partial charge in [0.1, 0.15) is 54.4 Å². The van der Waals surface area contributed by atoms with Crippen molar-refractivity contribution in [3.05, 3.63) is 35.9 Å². The van der Waals surface area contributed by atoms with E-state index >= 15 is 0 Å². The number of nitrogens with one attached hydrogen (secondary N) is 12. The van der Waals surface area contributed by atoms with Crippen molar-refractivity contribution in [3.63, 3.8) is 0 Å². The molecular formula is C61H108N22O14. The van der Waals surface area contributed by atoms with E-state index in [1.54, 1.807) is 30.3 Å². The number of unbranched alkanes of at least 4 members (excludes halogenated alkanes) is 2. The first-order valence-corrected chi connectivity index (χ1v) is 32.9. The van der Waals surface area contributed by atoms with Gasteiger partial charge >= 0.3 is 0 Å². The molecule has 0 aliphatic heterocycles. The first-order valence-electron chi connectivity index (χ1n) is 32.9. The second-order valence-electron chi connectivity index (χ2n) is 24.0. The minimum absolute atomic E-state index is 0.0124.